The van der Waals surface area contributed by atoms with E-state index in [2.05, 4.69) is 5.32 Å². The first-order valence-corrected chi connectivity index (χ1v) is 7.21. The molecule has 3 N–H and O–H groups in total. The molecule has 1 aliphatic heterocycles. The maximum Gasteiger partial charge on any atom is 0.232 e. The Bertz CT molecular complexity index is 654. The lowest BCUT2D eigenvalue weighted by atomic mass is 10.0. The molecule has 2 aromatic rings. The maximum atomic E-state index is 13.3. The standard InChI is InChI=1S/C15H13FN2OS/c16-9-5-10(17)7-11(6-9)18-15(19)13-8-20-14-4-2-1-3-12(13)14/h1-7,13H,8,17H2,(H,18,19). The van der Waals surface area contributed by atoms with Crippen molar-refractivity contribution in [1.82, 2.24) is 0 Å². The Hall–Kier alpha value is -2.01. The van der Waals surface area contributed by atoms with Crippen molar-refractivity contribution < 1.29 is 9.18 Å². The molecule has 0 bridgehead atoms. The van der Waals surface area contributed by atoms with Gasteiger partial charge in [0.05, 0.1) is 5.92 Å². The van der Waals surface area contributed by atoms with E-state index in [-0.39, 0.29) is 11.8 Å². The zero-order valence-corrected chi connectivity index (χ0v) is 11.4. The second-order valence-electron chi connectivity index (χ2n) is 4.66. The van der Waals surface area contributed by atoms with Gasteiger partial charge in [0.15, 0.2) is 0 Å². The summed E-state index contributed by atoms with van der Waals surface area (Å²) in [4.78, 5) is 13.4. The average molecular weight is 288 g/mol. The Balaban J connectivity index is 1.81. The number of thioether (sulfide) groups is 1. The highest BCUT2D eigenvalue weighted by atomic mass is 32.2. The lowest BCUT2D eigenvalue weighted by Gasteiger charge is -2.12. The van der Waals surface area contributed by atoms with Crippen LogP contribution in [0.5, 0.6) is 0 Å². The highest BCUT2D eigenvalue weighted by molar-refractivity contribution is 7.99. The number of benzene rings is 2. The van der Waals surface area contributed by atoms with E-state index in [1.165, 1.54) is 12.1 Å². The van der Waals surface area contributed by atoms with Crippen LogP contribution in [-0.2, 0) is 4.79 Å². The normalized spacial score (nSPS) is 16.8. The van der Waals surface area contributed by atoms with Gasteiger partial charge in [0, 0.05) is 22.0 Å². The van der Waals surface area contributed by atoms with Crippen molar-refractivity contribution in [2.45, 2.75) is 10.8 Å². The number of carbonyl (C=O) groups is 1. The molecule has 0 aromatic heterocycles. The van der Waals surface area contributed by atoms with Crippen molar-refractivity contribution in [3.8, 4) is 0 Å². The zero-order valence-electron chi connectivity index (χ0n) is 10.6. The van der Waals surface area contributed by atoms with Crippen molar-refractivity contribution in [2.75, 3.05) is 16.8 Å². The van der Waals surface area contributed by atoms with E-state index >= 15 is 0 Å². The summed E-state index contributed by atoms with van der Waals surface area (Å²) in [6.07, 6.45) is 0. The first kappa shape index (κ1) is 13.0. The summed E-state index contributed by atoms with van der Waals surface area (Å²) in [5, 5.41) is 2.73. The van der Waals surface area contributed by atoms with Crippen LogP contribution in [0.15, 0.2) is 47.4 Å². The van der Waals surface area contributed by atoms with Gasteiger partial charge in [-0.25, -0.2) is 4.39 Å². The molecule has 0 aliphatic carbocycles. The molecule has 1 atom stereocenters. The summed E-state index contributed by atoms with van der Waals surface area (Å²) in [5.74, 6) is -0.0923. The van der Waals surface area contributed by atoms with Crippen LogP contribution in [0.25, 0.3) is 0 Å². The third-order valence-electron chi connectivity index (χ3n) is 3.20. The Labute approximate surface area is 120 Å². The predicted octanol–water partition coefficient (Wildman–Crippen LogP) is 3.24. The molecule has 3 nitrogen and oxygen atoms in total. The first-order valence-electron chi connectivity index (χ1n) is 6.22. The molecule has 0 saturated carbocycles. The van der Waals surface area contributed by atoms with Gasteiger partial charge in [-0.05, 0) is 29.8 Å². The highest BCUT2D eigenvalue weighted by Gasteiger charge is 2.28. The Morgan fingerprint density at radius 1 is 1.30 bits per heavy atom. The lowest BCUT2D eigenvalue weighted by molar-refractivity contribution is -0.117. The first-order chi connectivity index (χ1) is 9.63. The van der Waals surface area contributed by atoms with Gasteiger partial charge >= 0.3 is 0 Å². The summed E-state index contributed by atoms with van der Waals surface area (Å²) in [6, 6.07) is 11.9. The number of hydrogen-bond donors (Lipinski definition) is 2. The molecular formula is C15H13FN2OS. The van der Waals surface area contributed by atoms with Crippen LogP contribution in [0.2, 0.25) is 0 Å². The van der Waals surface area contributed by atoms with E-state index in [0.29, 0.717) is 17.1 Å². The minimum atomic E-state index is -0.457. The van der Waals surface area contributed by atoms with E-state index in [0.717, 1.165) is 10.5 Å². The van der Waals surface area contributed by atoms with Gasteiger partial charge in [0.2, 0.25) is 5.91 Å². The topological polar surface area (TPSA) is 55.1 Å². The van der Waals surface area contributed by atoms with Crippen LogP contribution in [0.4, 0.5) is 15.8 Å². The molecule has 0 fully saturated rings. The number of amides is 1. The minimum absolute atomic E-state index is 0.132. The van der Waals surface area contributed by atoms with Crippen molar-refractivity contribution in [1.29, 1.82) is 0 Å². The highest BCUT2D eigenvalue weighted by Crippen LogP contribution is 2.39. The smallest absolute Gasteiger partial charge is 0.232 e. The average Bonchev–Trinajstić information content (AvgIpc) is 2.81. The van der Waals surface area contributed by atoms with Gasteiger partial charge in [0.25, 0.3) is 0 Å². The van der Waals surface area contributed by atoms with Gasteiger partial charge in [-0.1, -0.05) is 18.2 Å². The van der Waals surface area contributed by atoms with Crippen molar-refractivity contribution in [3.63, 3.8) is 0 Å². The van der Waals surface area contributed by atoms with Crippen molar-refractivity contribution in [2.24, 2.45) is 0 Å². The van der Waals surface area contributed by atoms with Crippen molar-refractivity contribution >= 4 is 29.0 Å². The van der Waals surface area contributed by atoms with Crippen molar-refractivity contribution in [3.05, 3.63) is 53.8 Å². The SMILES string of the molecule is Nc1cc(F)cc(NC(=O)C2CSc3ccccc32)c1. The Morgan fingerprint density at radius 2 is 2.10 bits per heavy atom. The molecule has 2 aromatic carbocycles. The van der Waals surface area contributed by atoms with Crippen LogP contribution in [-0.4, -0.2) is 11.7 Å². The van der Waals surface area contributed by atoms with E-state index in [9.17, 15) is 9.18 Å². The second-order valence-corrected chi connectivity index (χ2v) is 5.73. The van der Waals surface area contributed by atoms with E-state index < -0.39 is 5.82 Å². The fourth-order valence-corrected chi connectivity index (χ4v) is 3.52. The molecule has 0 spiro atoms. The number of fused-ring (bicyclic) bond motifs is 1. The van der Waals surface area contributed by atoms with Gasteiger partial charge in [0.1, 0.15) is 5.82 Å². The van der Waals surface area contributed by atoms with Crippen LogP contribution in [0, 0.1) is 5.82 Å². The van der Waals surface area contributed by atoms with E-state index in [4.69, 9.17) is 5.73 Å². The summed E-state index contributed by atoms with van der Waals surface area (Å²) >= 11 is 1.66. The van der Waals surface area contributed by atoms with Crippen LogP contribution in [0.3, 0.4) is 0 Å². The number of carbonyl (C=O) groups excluding carboxylic acids is 1. The molecule has 0 saturated heterocycles. The number of rotatable bonds is 2. The molecule has 1 aliphatic rings. The number of halogens is 1. The lowest BCUT2D eigenvalue weighted by Crippen LogP contribution is -2.21. The largest absolute Gasteiger partial charge is 0.399 e. The summed E-state index contributed by atoms with van der Waals surface area (Å²) < 4.78 is 13.3. The van der Waals surface area contributed by atoms with Gasteiger partial charge in [-0.3, -0.25) is 4.79 Å². The number of hydrogen-bond acceptors (Lipinski definition) is 3. The molecule has 1 amide bonds. The van der Waals surface area contributed by atoms with Crippen LogP contribution >= 0.6 is 11.8 Å². The molecule has 102 valence electrons. The molecule has 20 heavy (non-hydrogen) atoms. The number of anilines is 2. The third-order valence-corrected chi connectivity index (χ3v) is 4.39. The van der Waals surface area contributed by atoms with E-state index in [1.54, 1.807) is 17.8 Å². The van der Waals surface area contributed by atoms with E-state index in [1.807, 2.05) is 24.3 Å². The fourth-order valence-electron chi connectivity index (χ4n) is 2.29. The molecule has 0 radical (unpaired) electrons. The van der Waals surface area contributed by atoms with Gasteiger partial charge in [-0.2, -0.15) is 0 Å². The van der Waals surface area contributed by atoms with Gasteiger partial charge in [-0.15, -0.1) is 11.8 Å². The summed E-state index contributed by atoms with van der Waals surface area (Å²) in [5.41, 5.74) is 7.28. The molecule has 1 heterocycles. The molecule has 1 unspecified atom stereocenters. The molecular weight excluding hydrogens is 275 g/mol. The van der Waals surface area contributed by atoms with Crippen LogP contribution < -0.4 is 11.1 Å². The molecule has 5 heteroatoms. The Kier molecular flexibility index (Phi) is 3.36. The summed E-state index contributed by atoms with van der Waals surface area (Å²) in [7, 11) is 0. The predicted molar refractivity (Wildman–Crippen MR) is 79.3 cm³/mol. The molecule has 3 rings (SSSR count). The quantitative estimate of drug-likeness (QED) is 0.834. The second kappa shape index (κ2) is 5.17. The summed E-state index contributed by atoms with van der Waals surface area (Å²) in [6.45, 7) is 0. The number of nitrogens with two attached hydrogens (primary N) is 1. The fraction of sp³-hybridized carbons (Fsp3) is 0.133. The maximum absolute atomic E-state index is 13.3. The van der Waals surface area contributed by atoms with Crippen LogP contribution in [0.1, 0.15) is 11.5 Å². The number of nitrogens with one attached hydrogen (secondary N) is 1. The number of nitrogen functional groups attached to an aromatic ring is 1. The third kappa shape index (κ3) is 2.49. The monoisotopic (exact) mass is 288 g/mol. The minimum Gasteiger partial charge on any atom is -0.399 e. The Morgan fingerprint density at radius 3 is 2.90 bits per heavy atom. The van der Waals surface area contributed by atoms with Gasteiger partial charge < -0.3 is 11.1 Å². The zero-order chi connectivity index (χ0) is 14.1.